The Hall–Kier alpha value is -1.30. The number of unbranched alkanes of at least 4 members (excludes halogenated alkanes) is 1. The maximum atomic E-state index is 12.3. The molecule has 5 atom stereocenters. The van der Waals surface area contributed by atoms with E-state index in [1.165, 1.54) is 18.4 Å². The Labute approximate surface area is 173 Å². The van der Waals surface area contributed by atoms with Crippen LogP contribution in [0.1, 0.15) is 63.0 Å². The summed E-state index contributed by atoms with van der Waals surface area (Å²) in [5.74, 6) is 1.64. The largest absolute Gasteiger partial charge is 0.504 e. The molecule has 2 heterocycles. The van der Waals surface area contributed by atoms with E-state index >= 15 is 0 Å². The van der Waals surface area contributed by atoms with Crippen molar-refractivity contribution in [2.24, 2.45) is 5.92 Å². The maximum Gasteiger partial charge on any atom is 0.165 e. The van der Waals surface area contributed by atoms with E-state index in [-0.39, 0.29) is 24.0 Å². The average Bonchev–Trinajstić information content (AvgIpc) is 3.45. The summed E-state index contributed by atoms with van der Waals surface area (Å²) in [5, 5.41) is 22.9. The number of benzene rings is 1. The Morgan fingerprint density at radius 1 is 1.24 bits per heavy atom. The number of rotatable bonds is 6. The second kappa shape index (κ2) is 6.35. The lowest BCUT2D eigenvalue weighted by atomic mass is 9.48. The number of nitrogens with zero attached hydrogens (tertiary/aromatic N) is 1. The van der Waals surface area contributed by atoms with Crippen LogP contribution in [-0.2, 0) is 16.6 Å². The first-order valence-corrected chi connectivity index (χ1v) is 11.7. The molecule has 1 aromatic rings. The van der Waals surface area contributed by atoms with Gasteiger partial charge in [0.15, 0.2) is 11.5 Å². The minimum atomic E-state index is -0.804. The van der Waals surface area contributed by atoms with Crippen molar-refractivity contribution in [1.82, 2.24) is 4.90 Å². The van der Waals surface area contributed by atoms with Crippen LogP contribution in [-0.4, -0.2) is 58.7 Å². The summed E-state index contributed by atoms with van der Waals surface area (Å²) in [7, 11) is 0. The van der Waals surface area contributed by atoms with E-state index in [1.807, 2.05) is 0 Å². The lowest BCUT2D eigenvalue weighted by molar-refractivity contribution is -0.215. The zero-order valence-electron chi connectivity index (χ0n) is 17.4. The number of phenols is 1. The van der Waals surface area contributed by atoms with Gasteiger partial charge in [0.25, 0.3) is 0 Å². The van der Waals surface area contributed by atoms with Gasteiger partial charge < -0.3 is 19.7 Å². The molecule has 6 rings (SSSR count). The molecule has 2 N–H and O–H groups in total. The van der Waals surface area contributed by atoms with Crippen LogP contribution in [0.2, 0.25) is 0 Å². The Kier molecular flexibility index (Phi) is 4.04. The molecular formula is C24H33NO4. The van der Waals surface area contributed by atoms with Gasteiger partial charge in [-0.1, -0.05) is 19.4 Å². The van der Waals surface area contributed by atoms with Crippen molar-refractivity contribution in [1.29, 1.82) is 0 Å². The first-order valence-electron chi connectivity index (χ1n) is 11.7. The van der Waals surface area contributed by atoms with Gasteiger partial charge in [0.2, 0.25) is 0 Å². The number of likely N-dealkylation sites (tertiary alicyclic amines) is 1. The molecule has 5 aliphatic rings. The van der Waals surface area contributed by atoms with Crippen molar-refractivity contribution < 1.29 is 19.7 Å². The maximum absolute atomic E-state index is 12.3. The number of hydrogen-bond donors (Lipinski definition) is 2. The summed E-state index contributed by atoms with van der Waals surface area (Å²) in [5.41, 5.74) is 1.09. The van der Waals surface area contributed by atoms with Gasteiger partial charge in [0.05, 0.1) is 17.1 Å². The molecule has 3 fully saturated rings. The summed E-state index contributed by atoms with van der Waals surface area (Å²) < 4.78 is 12.8. The fourth-order valence-electron chi connectivity index (χ4n) is 6.99. The van der Waals surface area contributed by atoms with Gasteiger partial charge in [-0.3, -0.25) is 4.90 Å². The summed E-state index contributed by atoms with van der Waals surface area (Å²) >= 11 is 0. The molecule has 2 aliphatic heterocycles. The molecule has 2 unspecified atom stereocenters. The van der Waals surface area contributed by atoms with Crippen LogP contribution >= 0.6 is 0 Å². The predicted octanol–water partition coefficient (Wildman–Crippen LogP) is 3.14. The van der Waals surface area contributed by atoms with Crippen LogP contribution in [0.3, 0.4) is 0 Å². The highest BCUT2D eigenvalue weighted by Crippen LogP contribution is 2.65. The Morgan fingerprint density at radius 3 is 2.90 bits per heavy atom. The van der Waals surface area contributed by atoms with E-state index in [0.717, 1.165) is 69.7 Å². The van der Waals surface area contributed by atoms with Crippen LogP contribution in [0.4, 0.5) is 0 Å². The van der Waals surface area contributed by atoms with E-state index in [1.54, 1.807) is 6.07 Å². The summed E-state index contributed by atoms with van der Waals surface area (Å²) in [6.07, 6.45) is 7.91. The molecule has 5 nitrogen and oxygen atoms in total. The first kappa shape index (κ1) is 18.5. The van der Waals surface area contributed by atoms with Gasteiger partial charge in [0, 0.05) is 24.8 Å². The van der Waals surface area contributed by atoms with Gasteiger partial charge >= 0.3 is 0 Å². The second-order valence-corrected chi connectivity index (χ2v) is 10.1. The minimum absolute atomic E-state index is 0.0183. The molecule has 1 saturated heterocycles. The Morgan fingerprint density at radius 2 is 2.10 bits per heavy atom. The summed E-state index contributed by atoms with van der Waals surface area (Å²) in [6, 6.07) is 3.99. The van der Waals surface area contributed by atoms with Gasteiger partial charge in [-0.25, -0.2) is 0 Å². The van der Waals surface area contributed by atoms with Crippen molar-refractivity contribution in [3.63, 3.8) is 0 Å². The molecule has 2 bridgehead atoms. The smallest absolute Gasteiger partial charge is 0.165 e. The standard InChI is InChI=1S/C24H33NO4/c1-2-3-12-28-18-8-9-24(27)19-13-16-6-7-17(26)21-20(16)23(24,22(18)29-21)10-11-25(19)14-15-4-5-15/h6-7,15,18-19,22,26-27H,2-5,8-14H2,1H3/t18?,19-,22?,23+,24-/m1/s1. The van der Waals surface area contributed by atoms with Crippen LogP contribution in [0.5, 0.6) is 11.5 Å². The fraction of sp³-hybridized carbons (Fsp3) is 0.750. The van der Waals surface area contributed by atoms with E-state index in [4.69, 9.17) is 9.47 Å². The van der Waals surface area contributed by atoms with Crippen molar-refractivity contribution in [2.75, 3.05) is 19.7 Å². The third kappa shape index (κ3) is 2.38. The quantitative estimate of drug-likeness (QED) is 0.720. The fourth-order valence-corrected chi connectivity index (χ4v) is 6.99. The van der Waals surface area contributed by atoms with Crippen molar-refractivity contribution in [3.05, 3.63) is 23.3 Å². The number of aromatic hydroxyl groups is 1. The predicted molar refractivity (Wildman–Crippen MR) is 109 cm³/mol. The van der Waals surface area contributed by atoms with Gasteiger partial charge in [-0.05, 0) is 69.0 Å². The Balaban J connectivity index is 1.45. The monoisotopic (exact) mass is 399 g/mol. The van der Waals surface area contributed by atoms with Crippen LogP contribution < -0.4 is 4.74 Å². The van der Waals surface area contributed by atoms with Crippen molar-refractivity contribution >= 4 is 0 Å². The summed E-state index contributed by atoms with van der Waals surface area (Å²) in [4.78, 5) is 2.58. The molecule has 2 saturated carbocycles. The highest BCUT2D eigenvalue weighted by Gasteiger charge is 2.73. The number of piperidine rings is 1. The molecule has 5 heteroatoms. The summed E-state index contributed by atoms with van der Waals surface area (Å²) in [6.45, 7) is 5.03. The van der Waals surface area contributed by atoms with Gasteiger partial charge in [0.1, 0.15) is 6.10 Å². The van der Waals surface area contributed by atoms with Gasteiger partial charge in [-0.15, -0.1) is 0 Å². The molecule has 3 aliphatic carbocycles. The van der Waals surface area contributed by atoms with Crippen molar-refractivity contribution in [3.8, 4) is 11.5 Å². The number of hydrogen-bond acceptors (Lipinski definition) is 5. The van der Waals surface area contributed by atoms with Crippen LogP contribution in [0, 0.1) is 5.92 Å². The molecule has 1 spiro atoms. The highest BCUT2D eigenvalue weighted by atomic mass is 16.6. The van der Waals surface area contributed by atoms with Crippen LogP contribution in [0.25, 0.3) is 0 Å². The molecular weight excluding hydrogens is 366 g/mol. The molecule has 1 aromatic carbocycles. The molecule has 0 radical (unpaired) electrons. The van der Waals surface area contributed by atoms with Crippen LogP contribution in [0.15, 0.2) is 12.1 Å². The Bertz CT molecular complexity index is 823. The minimum Gasteiger partial charge on any atom is -0.504 e. The number of phenolic OH excluding ortho intramolecular Hbond substituents is 1. The third-order valence-electron chi connectivity index (χ3n) is 8.54. The number of aliphatic hydroxyl groups is 1. The van der Waals surface area contributed by atoms with E-state index in [0.29, 0.717) is 5.75 Å². The second-order valence-electron chi connectivity index (χ2n) is 10.1. The average molecular weight is 400 g/mol. The van der Waals surface area contributed by atoms with Gasteiger partial charge in [-0.2, -0.15) is 0 Å². The third-order valence-corrected chi connectivity index (χ3v) is 8.54. The lowest BCUT2D eigenvalue weighted by Crippen LogP contribution is -2.77. The topological polar surface area (TPSA) is 62.2 Å². The van der Waals surface area contributed by atoms with E-state index < -0.39 is 11.0 Å². The zero-order chi connectivity index (χ0) is 19.8. The van der Waals surface area contributed by atoms with E-state index in [9.17, 15) is 10.2 Å². The molecule has 29 heavy (non-hydrogen) atoms. The SMILES string of the molecule is CCCCOC1CC[C@@]2(O)[C@H]3Cc4ccc(O)c5c4[C@@]2(CCN3CC2CC2)C1O5. The molecule has 0 amide bonds. The van der Waals surface area contributed by atoms with E-state index in [2.05, 4.69) is 17.9 Å². The normalized spacial score (nSPS) is 39.9. The lowest BCUT2D eigenvalue weighted by Gasteiger charge is -2.64. The molecule has 0 aromatic heterocycles. The number of ether oxygens (including phenoxy) is 2. The zero-order valence-corrected chi connectivity index (χ0v) is 17.4. The first-order chi connectivity index (χ1) is 14.1. The molecule has 158 valence electrons. The highest BCUT2D eigenvalue weighted by molar-refractivity contribution is 5.62. The van der Waals surface area contributed by atoms with Crippen molar-refractivity contribution in [2.45, 2.75) is 87.6 Å².